The summed E-state index contributed by atoms with van der Waals surface area (Å²) in [5.74, 6) is 1.39. The Labute approximate surface area is 125 Å². The van der Waals surface area contributed by atoms with Crippen molar-refractivity contribution in [1.82, 2.24) is 0 Å². The molecule has 4 heteroatoms. The minimum atomic E-state index is 0.0527. The molecule has 2 rings (SSSR count). The zero-order valence-electron chi connectivity index (χ0n) is 12.2. The van der Waals surface area contributed by atoms with E-state index in [0.29, 0.717) is 22.9 Å². The normalized spacial score (nSPS) is 15.3. The highest BCUT2D eigenvalue weighted by molar-refractivity contribution is 6.31. The predicted octanol–water partition coefficient (Wildman–Crippen LogP) is 4.57. The van der Waals surface area contributed by atoms with Gasteiger partial charge in [-0.1, -0.05) is 37.3 Å². The van der Waals surface area contributed by atoms with E-state index in [1.54, 1.807) is 13.2 Å². The Balaban J connectivity index is 1.94. The summed E-state index contributed by atoms with van der Waals surface area (Å²) in [5, 5.41) is 3.58. The van der Waals surface area contributed by atoms with Crippen molar-refractivity contribution in [3.8, 4) is 5.75 Å². The van der Waals surface area contributed by atoms with Gasteiger partial charge in [-0.15, -0.1) is 0 Å². The number of anilines is 1. The van der Waals surface area contributed by atoms with Crippen LogP contribution in [0.4, 0.5) is 5.69 Å². The topological polar surface area (TPSA) is 38.3 Å². The van der Waals surface area contributed by atoms with Gasteiger partial charge in [0.05, 0.1) is 12.8 Å². The van der Waals surface area contributed by atoms with Crippen LogP contribution in [0.2, 0.25) is 5.02 Å². The summed E-state index contributed by atoms with van der Waals surface area (Å²) in [6.45, 7) is 1.91. The summed E-state index contributed by atoms with van der Waals surface area (Å²) in [6.07, 6.45) is 6.75. The van der Waals surface area contributed by atoms with Crippen molar-refractivity contribution in [2.75, 3.05) is 12.4 Å². The molecule has 1 N–H and O–H groups in total. The van der Waals surface area contributed by atoms with Crippen molar-refractivity contribution < 1.29 is 9.53 Å². The zero-order chi connectivity index (χ0) is 14.5. The molecule has 0 unspecified atom stereocenters. The Morgan fingerprint density at radius 2 is 2.10 bits per heavy atom. The summed E-state index contributed by atoms with van der Waals surface area (Å²) in [7, 11) is 1.58. The van der Waals surface area contributed by atoms with Gasteiger partial charge in [-0.2, -0.15) is 0 Å². The molecule has 1 aromatic carbocycles. The number of nitrogens with one attached hydrogen (secondary N) is 1. The first-order valence-electron chi connectivity index (χ1n) is 7.24. The number of carbonyl (C=O) groups excluding carboxylic acids is 1. The predicted molar refractivity (Wildman–Crippen MR) is 82.6 cm³/mol. The molecule has 1 saturated carbocycles. The molecule has 3 nitrogen and oxygen atoms in total. The summed E-state index contributed by atoms with van der Waals surface area (Å²) in [4.78, 5) is 12.0. The minimum absolute atomic E-state index is 0.0527. The second-order valence-corrected chi connectivity index (χ2v) is 5.95. The van der Waals surface area contributed by atoms with E-state index in [1.165, 1.54) is 25.7 Å². The summed E-state index contributed by atoms with van der Waals surface area (Å²) < 4.78 is 5.26. The van der Waals surface area contributed by atoms with Gasteiger partial charge >= 0.3 is 0 Å². The Morgan fingerprint density at radius 3 is 2.75 bits per heavy atom. The average molecular weight is 296 g/mol. The number of benzene rings is 1. The molecule has 0 atom stereocenters. The van der Waals surface area contributed by atoms with Crippen LogP contribution in [-0.4, -0.2) is 13.0 Å². The summed E-state index contributed by atoms with van der Waals surface area (Å²) in [5.41, 5.74) is 1.63. The largest absolute Gasteiger partial charge is 0.495 e. The first-order valence-corrected chi connectivity index (χ1v) is 7.62. The van der Waals surface area contributed by atoms with E-state index < -0.39 is 0 Å². The van der Waals surface area contributed by atoms with Crippen LogP contribution >= 0.6 is 11.6 Å². The molecule has 1 aromatic rings. The standard InChI is InChI=1S/C16H22ClNO2/c1-11-9-14(15(20-2)10-13(11)17)18-16(19)8-7-12-5-3-4-6-12/h9-10,12H,3-8H2,1-2H3,(H,18,19). The fourth-order valence-corrected chi connectivity index (χ4v) is 2.93. The molecule has 1 fully saturated rings. The molecule has 0 saturated heterocycles. The van der Waals surface area contributed by atoms with Gasteiger partial charge in [-0.3, -0.25) is 4.79 Å². The van der Waals surface area contributed by atoms with Crippen molar-refractivity contribution in [2.45, 2.75) is 45.4 Å². The van der Waals surface area contributed by atoms with Crippen LogP contribution in [0.15, 0.2) is 12.1 Å². The van der Waals surface area contributed by atoms with Gasteiger partial charge in [-0.05, 0) is 30.9 Å². The Morgan fingerprint density at radius 1 is 1.40 bits per heavy atom. The van der Waals surface area contributed by atoms with E-state index in [4.69, 9.17) is 16.3 Å². The molecule has 0 radical (unpaired) electrons. The van der Waals surface area contributed by atoms with Crippen molar-refractivity contribution in [2.24, 2.45) is 5.92 Å². The van der Waals surface area contributed by atoms with E-state index in [1.807, 2.05) is 13.0 Å². The van der Waals surface area contributed by atoms with Crippen LogP contribution in [0.5, 0.6) is 5.75 Å². The smallest absolute Gasteiger partial charge is 0.224 e. The number of hydrogen-bond donors (Lipinski definition) is 1. The maximum Gasteiger partial charge on any atom is 0.224 e. The van der Waals surface area contributed by atoms with Gasteiger partial charge < -0.3 is 10.1 Å². The molecular weight excluding hydrogens is 274 g/mol. The van der Waals surface area contributed by atoms with Crippen molar-refractivity contribution in [3.63, 3.8) is 0 Å². The van der Waals surface area contributed by atoms with Gasteiger partial charge in [0.25, 0.3) is 0 Å². The van der Waals surface area contributed by atoms with E-state index >= 15 is 0 Å². The Hall–Kier alpha value is -1.22. The SMILES string of the molecule is COc1cc(Cl)c(C)cc1NC(=O)CCC1CCCC1. The van der Waals surface area contributed by atoms with Gasteiger partial charge in [0.1, 0.15) is 5.75 Å². The zero-order valence-corrected chi connectivity index (χ0v) is 12.9. The van der Waals surface area contributed by atoms with Crippen LogP contribution in [0.1, 0.15) is 44.1 Å². The summed E-state index contributed by atoms with van der Waals surface area (Å²) in [6, 6.07) is 3.60. The third-order valence-corrected chi connectivity index (χ3v) is 4.42. The van der Waals surface area contributed by atoms with E-state index in [2.05, 4.69) is 5.32 Å². The molecule has 1 aliphatic rings. The van der Waals surface area contributed by atoms with Crippen LogP contribution in [-0.2, 0) is 4.79 Å². The lowest BCUT2D eigenvalue weighted by molar-refractivity contribution is -0.116. The molecule has 0 aromatic heterocycles. The van der Waals surface area contributed by atoms with Crippen LogP contribution in [0, 0.1) is 12.8 Å². The molecule has 1 aliphatic carbocycles. The number of amides is 1. The van der Waals surface area contributed by atoms with Gasteiger partial charge in [0, 0.05) is 17.5 Å². The maximum atomic E-state index is 12.0. The Kier molecular flexibility index (Phi) is 5.30. The van der Waals surface area contributed by atoms with Gasteiger partial charge in [-0.25, -0.2) is 0 Å². The molecule has 0 heterocycles. The monoisotopic (exact) mass is 295 g/mol. The molecule has 110 valence electrons. The fraction of sp³-hybridized carbons (Fsp3) is 0.562. The van der Waals surface area contributed by atoms with Crippen molar-refractivity contribution >= 4 is 23.2 Å². The number of rotatable bonds is 5. The van der Waals surface area contributed by atoms with Crippen LogP contribution < -0.4 is 10.1 Å². The fourth-order valence-electron chi connectivity index (χ4n) is 2.78. The number of carbonyl (C=O) groups is 1. The van der Waals surface area contributed by atoms with Gasteiger partial charge in [0.2, 0.25) is 5.91 Å². The number of ether oxygens (including phenoxy) is 1. The molecule has 0 bridgehead atoms. The molecule has 1 amide bonds. The Bertz CT molecular complexity index is 482. The third kappa shape index (κ3) is 3.89. The van der Waals surface area contributed by atoms with Crippen LogP contribution in [0.3, 0.4) is 0 Å². The third-order valence-electron chi connectivity index (χ3n) is 4.01. The second-order valence-electron chi connectivity index (χ2n) is 5.54. The highest BCUT2D eigenvalue weighted by Gasteiger charge is 2.17. The first kappa shape index (κ1) is 15.2. The van der Waals surface area contributed by atoms with Gasteiger partial charge in [0.15, 0.2) is 0 Å². The number of methoxy groups -OCH3 is 1. The lowest BCUT2D eigenvalue weighted by atomic mass is 10.0. The van der Waals surface area contributed by atoms with E-state index in [0.717, 1.165) is 17.9 Å². The summed E-state index contributed by atoms with van der Waals surface area (Å²) >= 11 is 6.06. The number of hydrogen-bond acceptors (Lipinski definition) is 2. The lowest BCUT2D eigenvalue weighted by Gasteiger charge is -2.13. The maximum absolute atomic E-state index is 12.0. The van der Waals surface area contributed by atoms with Crippen LogP contribution in [0.25, 0.3) is 0 Å². The van der Waals surface area contributed by atoms with Crippen molar-refractivity contribution in [3.05, 3.63) is 22.7 Å². The second kappa shape index (κ2) is 6.98. The minimum Gasteiger partial charge on any atom is -0.495 e. The highest BCUT2D eigenvalue weighted by Crippen LogP contribution is 2.32. The molecule has 0 spiro atoms. The average Bonchev–Trinajstić information content (AvgIpc) is 2.93. The first-order chi connectivity index (χ1) is 9.60. The molecule has 0 aliphatic heterocycles. The number of aryl methyl sites for hydroxylation is 1. The quantitative estimate of drug-likeness (QED) is 0.864. The lowest BCUT2D eigenvalue weighted by Crippen LogP contribution is -2.13. The number of halogens is 1. The highest BCUT2D eigenvalue weighted by atomic mass is 35.5. The molecular formula is C16H22ClNO2. The molecule has 20 heavy (non-hydrogen) atoms. The van der Waals surface area contributed by atoms with E-state index in [-0.39, 0.29) is 5.91 Å². The van der Waals surface area contributed by atoms with E-state index in [9.17, 15) is 4.79 Å². The van der Waals surface area contributed by atoms with Crippen molar-refractivity contribution in [1.29, 1.82) is 0 Å².